The second kappa shape index (κ2) is 3.19. The average Bonchev–Trinajstić information content (AvgIpc) is 2.04. The predicted octanol–water partition coefficient (Wildman–Crippen LogP) is 2.66. The highest BCUT2D eigenvalue weighted by Crippen LogP contribution is 2.25. The van der Waals surface area contributed by atoms with Gasteiger partial charge in [-0.05, 0) is 43.1 Å². The van der Waals surface area contributed by atoms with Crippen LogP contribution in [0.3, 0.4) is 0 Å². The molecule has 12 heavy (non-hydrogen) atoms. The molecule has 0 aliphatic carbocycles. The van der Waals surface area contributed by atoms with Crippen LogP contribution >= 0.6 is 15.9 Å². The van der Waals surface area contributed by atoms with Crippen LogP contribution in [0, 0.1) is 0 Å². The average molecular weight is 226 g/mol. The standard InChI is InChI=1S/C10H12BrN/c1-7-10-3-2-9(11)6-8(10)4-5-12-7/h2-3,6-7,12H,4-5H2,1H3/t7-/m1/s1. The van der Waals surface area contributed by atoms with E-state index in [1.165, 1.54) is 15.6 Å². The zero-order valence-electron chi connectivity index (χ0n) is 7.10. The summed E-state index contributed by atoms with van der Waals surface area (Å²) in [4.78, 5) is 0. The molecule has 1 aromatic carbocycles. The zero-order chi connectivity index (χ0) is 8.55. The Labute approximate surface area is 81.3 Å². The van der Waals surface area contributed by atoms with Gasteiger partial charge in [0.25, 0.3) is 0 Å². The minimum Gasteiger partial charge on any atom is -0.310 e. The first-order valence-corrected chi connectivity index (χ1v) is 5.08. The van der Waals surface area contributed by atoms with Crippen LogP contribution < -0.4 is 5.32 Å². The molecule has 1 atom stereocenters. The molecule has 2 heteroatoms. The molecule has 0 unspecified atom stereocenters. The Morgan fingerprint density at radius 2 is 2.33 bits per heavy atom. The predicted molar refractivity (Wildman–Crippen MR) is 54.3 cm³/mol. The molecule has 1 nitrogen and oxygen atoms in total. The molecule has 0 spiro atoms. The molecule has 0 fully saturated rings. The van der Waals surface area contributed by atoms with Gasteiger partial charge in [0.1, 0.15) is 0 Å². The first kappa shape index (κ1) is 8.27. The van der Waals surface area contributed by atoms with E-state index in [1.54, 1.807) is 0 Å². The van der Waals surface area contributed by atoms with Gasteiger partial charge in [-0.15, -0.1) is 0 Å². The fourth-order valence-corrected chi connectivity index (χ4v) is 2.16. The Hall–Kier alpha value is -0.340. The first-order chi connectivity index (χ1) is 5.77. The van der Waals surface area contributed by atoms with Crippen molar-refractivity contribution in [3.63, 3.8) is 0 Å². The Bertz CT molecular complexity index is 296. The van der Waals surface area contributed by atoms with Gasteiger partial charge in [0, 0.05) is 10.5 Å². The Balaban J connectivity index is 2.46. The number of fused-ring (bicyclic) bond motifs is 1. The van der Waals surface area contributed by atoms with Crippen molar-refractivity contribution in [1.82, 2.24) is 5.32 Å². The van der Waals surface area contributed by atoms with Crippen molar-refractivity contribution >= 4 is 15.9 Å². The summed E-state index contributed by atoms with van der Waals surface area (Å²) in [5.74, 6) is 0. The molecule has 0 saturated heterocycles. The lowest BCUT2D eigenvalue weighted by molar-refractivity contribution is 0.541. The van der Waals surface area contributed by atoms with Crippen LogP contribution in [0.1, 0.15) is 24.1 Å². The molecule has 0 amide bonds. The van der Waals surface area contributed by atoms with Gasteiger partial charge in [-0.3, -0.25) is 0 Å². The smallest absolute Gasteiger partial charge is 0.0294 e. The number of benzene rings is 1. The van der Waals surface area contributed by atoms with Crippen molar-refractivity contribution in [1.29, 1.82) is 0 Å². The molecule has 1 aliphatic rings. The lowest BCUT2D eigenvalue weighted by Gasteiger charge is -2.23. The molecule has 1 heterocycles. The third-order valence-corrected chi connectivity index (χ3v) is 2.91. The molecule has 1 N–H and O–H groups in total. The minimum atomic E-state index is 0.516. The number of halogens is 1. The van der Waals surface area contributed by atoms with Gasteiger partial charge in [0.2, 0.25) is 0 Å². The van der Waals surface area contributed by atoms with Crippen LogP contribution in [0.15, 0.2) is 22.7 Å². The van der Waals surface area contributed by atoms with Gasteiger partial charge in [0.15, 0.2) is 0 Å². The molecular weight excluding hydrogens is 214 g/mol. The van der Waals surface area contributed by atoms with Gasteiger partial charge in [0.05, 0.1) is 0 Å². The quantitative estimate of drug-likeness (QED) is 0.717. The summed E-state index contributed by atoms with van der Waals surface area (Å²) in [6, 6.07) is 7.06. The fraction of sp³-hybridized carbons (Fsp3) is 0.400. The van der Waals surface area contributed by atoms with E-state index < -0.39 is 0 Å². The van der Waals surface area contributed by atoms with Gasteiger partial charge >= 0.3 is 0 Å². The van der Waals surface area contributed by atoms with Crippen molar-refractivity contribution in [3.05, 3.63) is 33.8 Å². The van der Waals surface area contributed by atoms with Crippen LogP contribution in [0.2, 0.25) is 0 Å². The molecule has 2 rings (SSSR count). The summed E-state index contributed by atoms with van der Waals surface area (Å²) >= 11 is 3.49. The topological polar surface area (TPSA) is 12.0 Å². The maximum absolute atomic E-state index is 3.49. The van der Waals surface area contributed by atoms with Gasteiger partial charge in [-0.25, -0.2) is 0 Å². The fourth-order valence-electron chi connectivity index (χ4n) is 1.75. The van der Waals surface area contributed by atoms with E-state index in [-0.39, 0.29) is 0 Å². The first-order valence-electron chi connectivity index (χ1n) is 4.29. The summed E-state index contributed by atoms with van der Waals surface area (Å²) in [5, 5.41) is 3.44. The summed E-state index contributed by atoms with van der Waals surface area (Å²) in [6.45, 7) is 3.32. The highest BCUT2D eigenvalue weighted by Gasteiger charge is 2.14. The van der Waals surface area contributed by atoms with E-state index in [9.17, 15) is 0 Å². The summed E-state index contributed by atoms with van der Waals surface area (Å²) in [6.07, 6.45) is 1.15. The van der Waals surface area contributed by atoms with Crippen molar-refractivity contribution in [3.8, 4) is 0 Å². The SMILES string of the molecule is C[C@H]1NCCc2cc(Br)ccc21. The maximum Gasteiger partial charge on any atom is 0.0294 e. The third-order valence-electron chi connectivity index (χ3n) is 2.42. The highest BCUT2D eigenvalue weighted by atomic mass is 79.9. The van der Waals surface area contributed by atoms with Crippen LogP contribution in [-0.4, -0.2) is 6.54 Å². The summed E-state index contributed by atoms with van der Waals surface area (Å²) in [5.41, 5.74) is 2.93. The van der Waals surface area contributed by atoms with Crippen molar-refractivity contribution in [2.45, 2.75) is 19.4 Å². The van der Waals surface area contributed by atoms with E-state index >= 15 is 0 Å². The van der Waals surface area contributed by atoms with Crippen molar-refractivity contribution in [2.75, 3.05) is 6.54 Å². The van der Waals surface area contributed by atoms with Gasteiger partial charge in [-0.1, -0.05) is 22.0 Å². The number of hydrogen-bond acceptors (Lipinski definition) is 1. The Kier molecular flexibility index (Phi) is 2.20. The molecule has 0 aromatic heterocycles. The van der Waals surface area contributed by atoms with Crippen LogP contribution in [-0.2, 0) is 6.42 Å². The highest BCUT2D eigenvalue weighted by molar-refractivity contribution is 9.10. The van der Waals surface area contributed by atoms with Crippen molar-refractivity contribution < 1.29 is 0 Å². The molecule has 1 aromatic rings. The van der Waals surface area contributed by atoms with Crippen LogP contribution in [0.25, 0.3) is 0 Å². The van der Waals surface area contributed by atoms with Gasteiger partial charge < -0.3 is 5.32 Å². The van der Waals surface area contributed by atoms with E-state index in [2.05, 4.69) is 46.4 Å². The van der Waals surface area contributed by atoms with E-state index in [4.69, 9.17) is 0 Å². The van der Waals surface area contributed by atoms with Crippen LogP contribution in [0.4, 0.5) is 0 Å². The second-order valence-electron chi connectivity index (χ2n) is 3.27. The Morgan fingerprint density at radius 1 is 1.50 bits per heavy atom. The third kappa shape index (κ3) is 1.41. The van der Waals surface area contributed by atoms with Crippen molar-refractivity contribution in [2.24, 2.45) is 0 Å². The van der Waals surface area contributed by atoms with Crippen LogP contribution in [0.5, 0.6) is 0 Å². The zero-order valence-corrected chi connectivity index (χ0v) is 8.69. The molecular formula is C10H12BrN. The maximum atomic E-state index is 3.49. The lowest BCUT2D eigenvalue weighted by atomic mass is 9.96. The van der Waals surface area contributed by atoms with E-state index in [0.717, 1.165) is 13.0 Å². The van der Waals surface area contributed by atoms with E-state index in [1.807, 2.05) is 0 Å². The molecule has 0 bridgehead atoms. The second-order valence-corrected chi connectivity index (χ2v) is 4.18. The molecule has 0 saturated carbocycles. The minimum absolute atomic E-state index is 0.516. The molecule has 0 radical (unpaired) electrons. The largest absolute Gasteiger partial charge is 0.310 e. The summed E-state index contributed by atoms with van der Waals surface area (Å²) in [7, 11) is 0. The monoisotopic (exact) mass is 225 g/mol. The van der Waals surface area contributed by atoms with Gasteiger partial charge in [-0.2, -0.15) is 0 Å². The number of nitrogens with one attached hydrogen (secondary N) is 1. The lowest BCUT2D eigenvalue weighted by Crippen LogP contribution is -2.27. The normalized spacial score (nSPS) is 22.0. The number of rotatable bonds is 0. The molecule has 64 valence electrons. The Morgan fingerprint density at radius 3 is 3.17 bits per heavy atom. The molecule has 1 aliphatic heterocycles. The number of hydrogen-bond donors (Lipinski definition) is 1. The van der Waals surface area contributed by atoms with E-state index in [0.29, 0.717) is 6.04 Å². The summed E-state index contributed by atoms with van der Waals surface area (Å²) < 4.78 is 1.19.